The van der Waals surface area contributed by atoms with E-state index in [4.69, 9.17) is 10.5 Å². The van der Waals surface area contributed by atoms with E-state index in [9.17, 15) is 35.1 Å². The first-order valence-electron chi connectivity index (χ1n) is 7.93. The molecule has 0 aliphatic carbocycles. The number of hydrogen-bond acceptors (Lipinski definition) is 8. The zero-order chi connectivity index (χ0) is 19.4. The van der Waals surface area contributed by atoms with Gasteiger partial charge in [0.25, 0.3) is 0 Å². The summed E-state index contributed by atoms with van der Waals surface area (Å²) in [5, 5.41) is 49.8. The summed E-state index contributed by atoms with van der Waals surface area (Å²) >= 11 is 0. The minimum atomic E-state index is -1.70. The van der Waals surface area contributed by atoms with Crippen molar-refractivity contribution in [2.24, 2.45) is 5.73 Å². The van der Waals surface area contributed by atoms with Crippen LogP contribution in [-0.4, -0.2) is 80.5 Å². The molecule has 8 N–H and O–H groups in total. The van der Waals surface area contributed by atoms with Crippen LogP contribution in [0.15, 0.2) is 24.3 Å². The fraction of sp³-hybridized carbons (Fsp3) is 0.500. The topological polar surface area (TPSA) is 183 Å². The molecule has 1 aromatic rings. The highest BCUT2D eigenvalue weighted by Gasteiger charge is 2.45. The maximum Gasteiger partial charge on any atom is 0.329 e. The van der Waals surface area contributed by atoms with E-state index in [-0.39, 0.29) is 18.8 Å². The lowest BCUT2D eigenvalue weighted by Crippen LogP contribution is -2.63. The zero-order valence-electron chi connectivity index (χ0n) is 13.7. The van der Waals surface area contributed by atoms with Crippen molar-refractivity contribution < 1.29 is 39.9 Å². The molecule has 0 spiro atoms. The van der Waals surface area contributed by atoms with Crippen molar-refractivity contribution in [1.29, 1.82) is 0 Å². The van der Waals surface area contributed by atoms with Crippen LogP contribution < -0.4 is 11.1 Å². The summed E-state index contributed by atoms with van der Waals surface area (Å²) in [7, 11) is 0. The fourth-order valence-electron chi connectivity index (χ4n) is 2.65. The number of nitrogens with two attached hydrogens (primary N) is 1. The lowest BCUT2D eigenvalue weighted by Gasteiger charge is -2.38. The average molecular weight is 370 g/mol. The number of benzene rings is 1. The Morgan fingerprint density at radius 3 is 2.38 bits per heavy atom. The van der Waals surface area contributed by atoms with E-state index in [1.54, 1.807) is 12.1 Å². The lowest BCUT2D eigenvalue weighted by atomic mass is 9.94. The molecule has 1 amide bonds. The molecule has 0 radical (unpaired) electrons. The van der Waals surface area contributed by atoms with Crippen LogP contribution in [0.3, 0.4) is 0 Å². The Kier molecular flexibility index (Phi) is 6.51. The summed E-state index contributed by atoms with van der Waals surface area (Å²) in [5.41, 5.74) is 6.45. The number of carbonyl (C=O) groups is 2. The van der Waals surface area contributed by atoms with E-state index in [0.29, 0.717) is 5.56 Å². The standard InChI is InChI=1S/C16H22N2O8/c17-9(5-7-1-3-8(19)4-2-7)15(23)18-11(16(24)25)14-13(22)12(21)10(20)6-26-14/h1-4,9-14,19-22H,5-6,17H2,(H,18,23)(H,24,25)/t9-,10+,11-,12+,13-,14+/m0/s1. The molecule has 0 bridgehead atoms. The minimum absolute atomic E-state index is 0.0573. The van der Waals surface area contributed by atoms with Gasteiger partial charge < -0.3 is 41.3 Å². The van der Waals surface area contributed by atoms with Crippen LogP contribution in [0.25, 0.3) is 0 Å². The van der Waals surface area contributed by atoms with Gasteiger partial charge in [-0.3, -0.25) is 4.79 Å². The first-order chi connectivity index (χ1) is 12.2. The molecular weight excluding hydrogens is 348 g/mol. The molecular formula is C16H22N2O8. The monoisotopic (exact) mass is 370 g/mol. The number of carboxylic acid groups (broad SMARTS) is 1. The maximum atomic E-state index is 12.2. The number of ether oxygens (including phenoxy) is 1. The minimum Gasteiger partial charge on any atom is -0.508 e. The highest BCUT2D eigenvalue weighted by atomic mass is 16.5. The summed E-state index contributed by atoms with van der Waals surface area (Å²) in [5.74, 6) is -2.22. The Labute approximate surface area is 148 Å². The number of hydrogen-bond donors (Lipinski definition) is 7. The Morgan fingerprint density at radius 1 is 1.19 bits per heavy atom. The lowest BCUT2D eigenvalue weighted by molar-refractivity contribution is -0.199. The van der Waals surface area contributed by atoms with E-state index in [1.165, 1.54) is 12.1 Å². The van der Waals surface area contributed by atoms with Crippen LogP contribution in [-0.2, 0) is 20.7 Å². The molecule has 10 heteroatoms. The average Bonchev–Trinajstić information content (AvgIpc) is 2.60. The van der Waals surface area contributed by atoms with Gasteiger partial charge in [-0.2, -0.15) is 0 Å². The van der Waals surface area contributed by atoms with Gasteiger partial charge in [0, 0.05) is 0 Å². The van der Waals surface area contributed by atoms with Gasteiger partial charge in [0.1, 0.15) is 30.2 Å². The molecule has 0 aromatic heterocycles. The van der Waals surface area contributed by atoms with E-state index < -0.39 is 48.4 Å². The molecule has 1 fully saturated rings. The van der Waals surface area contributed by atoms with E-state index in [2.05, 4.69) is 5.32 Å². The molecule has 0 unspecified atom stereocenters. The van der Waals surface area contributed by atoms with Crippen molar-refractivity contribution in [3.8, 4) is 5.75 Å². The number of nitrogens with one attached hydrogen (secondary N) is 1. The highest BCUT2D eigenvalue weighted by molar-refractivity contribution is 5.87. The van der Waals surface area contributed by atoms with Crippen molar-refractivity contribution in [3.63, 3.8) is 0 Å². The number of carbonyl (C=O) groups excluding carboxylic acids is 1. The number of aliphatic hydroxyl groups is 3. The van der Waals surface area contributed by atoms with Crippen LogP contribution in [0.2, 0.25) is 0 Å². The Bertz CT molecular complexity index is 638. The summed E-state index contributed by atoms with van der Waals surface area (Å²) in [4.78, 5) is 23.7. The molecule has 10 nitrogen and oxygen atoms in total. The normalized spacial score (nSPS) is 28.2. The Hall–Kier alpha value is -2.24. The van der Waals surface area contributed by atoms with Crippen LogP contribution >= 0.6 is 0 Å². The number of amides is 1. The van der Waals surface area contributed by atoms with E-state index in [0.717, 1.165) is 0 Å². The Morgan fingerprint density at radius 2 is 1.81 bits per heavy atom. The van der Waals surface area contributed by atoms with Crippen LogP contribution in [0, 0.1) is 0 Å². The van der Waals surface area contributed by atoms with Crippen molar-refractivity contribution >= 4 is 11.9 Å². The Balaban J connectivity index is 2.03. The van der Waals surface area contributed by atoms with Crippen molar-refractivity contribution in [2.45, 2.75) is 42.9 Å². The second-order valence-corrected chi connectivity index (χ2v) is 6.15. The highest BCUT2D eigenvalue weighted by Crippen LogP contribution is 2.19. The van der Waals surface area contributed by atoms with Gasteiger partial charge in [0.2, 0.25) is 5.91 Å². The molecule has 144 valence electrons. The van der Waals surface area contributed by atoms with Gasteiger partial charge in [-0.1, -0.05) is 12.1 Å². The van der Waals surface area contributed by atoms with Gasteiger partial charge in [-0.25, -0.2) is 4.79 Å². The number of phenolic OH excluding ortho intramolecular Hbond substituents is 1. The van der Waals surface area contributed by atoms with Crippen molar-refractivity contribution in [1.82, 2.24) is 5.32 Å². The third-order valence-corrected chi connectivity index (χ3v) is 4.16. The smallest absolute Gasteiger partial charge is 0.329 e. The molecule has 0 saturated carbocycles. The number of aliphatic hydroxyl groups excluding tert-OH is 3. The summed E-state index contributed by atoms with van der Waals surface area (Å²) < 4.78 is 5.08. The number of carboxylic acids is 1. The van der Waals surface area contributed by atoms with E-state index in [1.807, 2.05) is 0 Å². The number of aliphatic carboxylic acids is 1. The van der Waals surface area contributed by atoms with Crippen molar-refractivity contribution in [2.75, 3.05) is 6.61 Å². The first-order valence-corrected chi connectivity index (χ1v) is 7.93. The van der Waals surface area contributed by atoms with Gasteiger partial charge in [0.05, 0.1) is 12.6 Å². The van der Waals surface area contributed by atoms with Crippen LogP contribution in [0.4, 0.5) is 0 Å². The number of aromatic hydroxyl groups is 1. The number of phenols is 1. The number of rotatable bonds is 6. The summed E-state index contributed by atoms with van der Waals surface area (Å²) in [6.45, 7) is -0.387. The van der Waals surface area contributed by atoms with Gasteiger partial charge in [-0.05, 0) is 24.1 Å². The SMILES string of the molecule is N[C@@H](Cc1ccc(O)cc1)C(=O)N[C@H](C(=O)O)[C@H]1OC[C@@H](O)[C@@H](O)[C@@H]1O. The van der Waals surface area contributed by atoms with Gasteiger partial charge in [0.15, 0.2) is 6.04 Å². The second kappa shape index (κ2) is 8.43. The van der Waals surface area contributed by atoms with Gasteiger partial charge in [-0.15, -0.1) is 0 Å². The van der Waals surface area contributed by atoms with Crippen molar-refractivity contribution in [3.05, 3.63) is 29.8 Å². The molecule has 1 saturated heterocycles. The zero-order valence-corrected chi connectivity index (χ0v) is 13.7. The molecule has 26 heavy (non-hydrogen) atoms. The van der Waals surface area contributed by atoms with Crippen LogP contribution in [0.5, 0.6) is 5.75 Å². The molecule has 1 aromatic carbocycles. The predicted octanol–water partition coefficient (Wildman–Crippen LogP) is -2.69. The third-order valence-electron chi connectivity index (χ3n) is 4.16. The van der Waals surface area contributed by atoms with E-state index >= 15 is 0 Å². The van der Waals surface area contributed by atoms with Crippen LogP contribution in [0.1, 0.15) is 5.56 Å². The molecule has 2 rings (SSSR count). The maximum absolute atomic E-state index is 12.2. The molecule has 1 aliphatic heterocycles. The third kappa shape index (κ3) is 4.68. The molecule has 1 heterocycles. The largest absolute Gasteiger partial charge is 0.508 e. The predicted molar refractivity (Wildman–Crippen MR) is 87.1 cm³/mol. The molecule has 1 aliphatic rings. The quantitative estimate of drug-likeness (QED) is 0.280. The molecule has 6 atom stereocenters. The fourth-order valence-corrected chi connectivity index (χ4v) is 2.65. The van der Waals surface area contributed by atoms with Gasteiger partial charge >= 0.3 is 5.97 Å². The summed E-state index contributed by atoms with van der Waals surface area (Å²) in [6.07, 6.45) is -6.01. The summed E-state index contributed by atoms with van der Waals surface area (Å²) in [6, 6.07) is 3.26. The first kappa shape index (κ1) is 20.1. The second-order valence-electron chi connectivity index (χ2n) is 6.15.